The lowest BCUT2D eigenvalue weighted by Crippen LogP contribution is -2.48. The number of benzene rings is 2. The Kier molecular flexibility index (Phi) is 6.90. The summed E-state index contributed by atoms with van der Waals surface area (Å²) in [5, 5.41) is 11.7. The highest BCUT2D eigenvalue weighted by atomic mass is 16.5. The number of rotatable bonds is 6. The average molecular weight is 432 g/mol. The van der Waals surface area contributed by atoms with Crippen LogP contribution in [0, 0.1) is 13.8 Å². The van der Waals surface area contributed by atoms with E-state index in [0.717, 1.165) is 55.6 Å². The molecule has 0 bridgehead atoms. The zero-order valence-corrected chi connectivity index (χ0v) is 19.3. The van der Waals surface area contributed by atoms with Gasteiger partial charge in [-0.3, -0.25) is 4.99 Å². The summed E-state index contributed by atoms with van der Waals surface area (Å²) in [5.74, 6) is 0.801. The quantitative estimate of drug-likeness (QED) is 0.459. The van der Waals surface area contributed by atoms with Crippen molar-refractivity contribution in [3.63, 3.8) is 0 Å². The van der Waals surface area contributed by atoms with Gasteiger partial charge in [-0.25, -0.2) is 4.68 Å². The number of nitrogens with zero attached hydrogens (tertiary/aromatic N) is 3. The Morgan fingerprint density at radius 3 is 2.44 bits per heavy atom. The Hall–Kier alpha value is -3.12. The fourth-order valence-corrected chi connectivity index (χ4v) is 4.51. The van der Waals surface area contributed by atoms with E-state index in [1.165, 1.54) is 11.1 Å². The Bertz CT molecular complexity index is 1050. The number of aromatic nitrogens is 2. The third-order valence-electron chi connectivity index (χ3n) is 6.33. The molecule has 1 fully saturated rings. The van der Waals surface area contributed by atoms with Crippen molar-refractivity contribution in [2.75, 3.05) is 26.8 Å². The van der Waals surface area contributed by atoms with Gasteiger partial charge in [0.2, 0.25) is 0 Å². The van der Waals surface area contributed by atoms with Crippen molar-refractivity contribution in [2.24, 2.45) is 4.99 Å². The minimum Gasteiger partial charge on any atom is -0.381 e. The predicted octanol–water partition coefficient (Wildman–Crippen LogP) is 3.90. The van der Waals surface area contributed by atoms with E-state index in [1.54, 1.807) is 0 Å². The first-order chi connectivity index (χ1) is 15.6. The molecule has 2 aromatic carbocycles. The molecule has 2 N–H and O–H groups in total. The van der Waals surface area contributed by atoms with Gasteiger partial charge in [0, 0.05) is 44.5 Å². The van der Waals surface area contributed by atoms with Crippen LogP contribution >= 0.6 is 0 Å². The van der Waals surface area contributed by atoms with Gasteiger partial charge in [-0.2, -0.15) is 5.10 Å². The standard InChI is InChI=1S/C26H33N5O/c1-20-17-21(2)31(30-20)24-12-8-7-9-22(24)18-28-25(27-3)29-19-26(13-15-32-16-14-26)23-10-5-4-6-11-23/h4-12,17H,13-16,18-19H2,1-3H3,(H2,27,28,29). The van der Waals surface area contributed by atoms with E-state index in [0.29, 0.717) is 6.54 Å². The summed E-state index contributed by atoms with van der Waals surface area (Å²) < 4.78 is 7.68. The van der Waals surface area contributed by atoms with E-state index in [-0.39, 0.29) is 5.41 Å². The number of guanidine groups is 1. The van der Waals surface area contributed by atoms with Gasteiger partial charge in [0.1, 0.15) is 0 Å². The molecule has 0 spiro atoms. The number of para-hydroxylation sites is 1. The first-order valence-electron chi connectivity index (χ1n) is 11.3. The molecule has 1 saturated heterocycles. The van der Waals surface area contributed by atoms with Crippen molar-refractivity contribution < 1.29 is 4.74 Å². The van der Waals surface area contributed by atoms with Gasteiger partial charge >= 0.3 is 0 Å². The van der Waals surface area contributed by atoms with E-state index in [4.69, 9.17) is 4.74 Å². The predicted molar refractivity (Wildman–Crippen MR) is 129 cm³/mol. The molecule has 2 heterocycles. The fraction of sp³-hybridized carbons (Fsp3) is 0.385. The topological polar surface area (TPSA) is 63.5 Å². The second-order valence-corrected chi connectivity index (χ2v) is 8.51. The van der Waals surface area contributed by atoms with Crippen LogP contribution in [-0.2, 0) is 16.7 Å². The molecule has 1 aliphatic rings. The van der Waals surface area contributed by atoms with Crippen molar-refractivity contribution in [3.05, 3.63) is 83.2 Å². The van der Waals surface area contributed by atoms with Gasteiger partial charge in [0.15, 0.2) is 5.96 Å². The minimum absolute atomic E-state index is 0.0543. The summed E-state index contributed by atoms with van der Waals surface area (Å²) in [4.78, 5) is 4.48. The van der Waals surface area contributed by atoms with E-state index in [1.807, 2.05) is 18.7 Å². The third-order valence-corrected chi connectivity index (χ3v) is 6.33. The molecule has 6 heteroatoms. The van der Waals surface area contributed by atoms with Gasteiger partial charge < -0.3 is 15.4 Å². The van der Waals surface area contributed by atoms with Crippen LogP contribution in [0.4, 0.5) is 0 Å². The van der Waals surface area contributed by atoms with E-state index >= 15 is 0 Å². The Morgan fingerprint density at radius 1 is 1.03 bits per heavy atom. The average Bonchev–Trinajstić information content (AvgIpc) is 3.18. The Labute approximate surface area is 190 Å². The van der Waals surface area contributed by atoms with Crippen LogP contribution in [0.5, 0.6) is 0 Å². The normalized spacial score (nSPS) is 16.0. The lowest BCUT2D eigenvalue weighted by molar-refractivity contribution is 0.0514. The molecule has 3 aromatic rings. The minimum atomic E-state index is 0.0543. The van der Waals surface area contributed by atoms with Gasteiger partial charge in [0.05, 0.1) is 11.4 Å². The van der Waals surface area contributed by atoms with E-state index < -0.39 is 0 Å². The largest absolute Gasteiger partial charge is 0.381 e. The van der Waals surface area contributed by atoms with Crippen molar-refractivity contribution in [3.8, 4) is 5.69 Å². The van der Waals surface area contributed by atoms with Gasteiger partial charge in [-0.05, 0) is 49.9 Å². The van der Waals surface area contributed by atoms with Crippen LogP contribution in [0.25, 0.3) is 5.69 Å². The maximum Gasteiger partial charge on any atom is 0.191 e. The number of aryl methyl sites for hydroxylation is 2. The molecule has 0 radical (unpaired) electrons. The molecule has 0 aliphatic carbocycles. The van der Waals surface area contributed by atoms with Crippen molar-refractivity contribution in [1.82, 2.24) is 20.4 Å². The van der Waals surface area contributed by atoms with Crippen LogP contribution in [0.2, 0.25) is 0 Å². The third kappa shape index (κ3) is 4.86. The van der Waals surface area contributed by atoms with Crippen LogP contribution in [0.3, 0.4) is 0 Å². The summed E-state index contributed by atoms with van der Waals surface area (Å²) in [7, 11) is 1.82. The number of nitrogens with one attached hydrogen (secondary N) is 2. The van der Waals surface area contributed by atoms with Crippen molar-refractivity contribution in [2.45, 2.75) is 38.6 Å². The Balaban J connectivity index is 1.46. The molecular weight excluding hydrogens is 398 g/mol. The molecule has 6 nitrogen and oxygen atoms in total. The van der Waals surface area contributed by atoms with Crippen LogP contribution < -0.4 is 10.6 Å². The molecule has 1 aromatic heterocycles. The van der Waals surface area contributed by atoms with Gasteiger partial charge in [0.25, 0.3) is 0 Å². The lowest BCUT2D eigenvalue weighted by Gasteiger charge is -2.38. The van der Waals surface area contributed by atoms with E-state index in [2.05, 4.69) is 88.3 Å². The summed E-state index contributed by atoms with van der Waals surface area (Å²) in [6.45, 7) is 7.17. The fourth-order valence-electron chi connectivity index (χ4n) is 4.51. The summed E-state index contributed by atoms with van der Waals surface area (Å²) in [6.07, 6.45) is 2.00. The molecule has 0 saturated carbocycles. The molecule has 0 unspecified atom stereocenters. The number of aliphatic imine (C=N–C) groups is 1. The smallest absolute Gasteiger partial charge is 0.191 e. The van der Waals surface area contributed by atoms with Crippen LogP contribution in [0.15, 0.2) is 65.7 Å². The zero-order valence-electron chi connectivity index (χ0n) is 19.3. The van der Waals surface area contributed by atoms with Crippen LogP contribution in [-0.4, -0.2) is 42.5 Å². The van der Waals surface area contributed by atoms with Gasteiger partial charge in [-0.15, -0.1) is 0 Å². The molecule has 168 valence electrons. The zero-order chi connectivity index (χ0) is 22.4. The van der Waals surface area contributed by atoms with Crippen LogP contribution in [0.1, 0.15) is 35.4 Å². The maximum atomic E-state index is 5.67. The Morgan fingerprint density at radius 2 is 1.75 bits per heavy atom. The molecule has 4 rings (SSSR count). The van der Waals surface area contributed by atoms with E-state index in [9.17, 15) is 0 Å². The molecule has 0 atom stereocenters. The maximum absolute atomic E-state index is 5.67. The molecule has 1 aliphatic heterocycles. The lowest BCUT2D eigenvalue weighted by atomic mass is 9.74. The summed E-state index contributed by atoms with van der Waals surface area (Å²) in [6, 6.07) is 21.2. The van der Waals surface area contributed by atoms with Crippen molar-refractivity contribution in [1.29, 1.82) is 0 Å². The summed E-state index contributed by atoms with van der Waals surface area (Å²) >= 11 is 0. The first kappa shape index (κ1) is 22.1. The highest BCUT2D eigenvalue weighted by molar-refractivity contribution is 5.79. The van der Waals surface area contributed by atoms with Gasteiger partial charge in [-0.1, -0.05) is 48.5 Å². The molecular formula is C26H33N5O. The highest BCUT2D eigenvalue weighted by Crippen LogP contribution is 2.34. The monoisotopic (exact) mass is 431 g/mol. The SMILES string of the molecule is CN=C(NCc1ccccc1-n1nc(C)cc1C)NCC1(c2ccccc2)CCOCC1. The molecule has 32 heavy (non-hydrogen) atoms. The number of hydrogen-bond acceptors (Lipinski definition) is 3. The van der Waals surface area contributed by atoms with Crippen molar-refractivity contribution >= 4 is 5.96 Å². The molecule has 0 amide bonds. The summed E-state index contributed by atoms with van der Waals surface area (Å²) in [5.41, 5.74) is 5.82. The highest BCUT2D eigenvalue weighted by Gasteiger charge is 2.34. The second kappa shape index (κ2) is 10.0. The number of ether oxygens (including phenoxy) is 1. The first-order valence-corrected chi connectivity index (χ1v) is 11.3. The second-order valence-electron chi connectivity index (χ2n) is 8.51. The number of hydrogen-bond donors (Lipinski definition) is 2.